The van der Waals surface area contributed by atoms with Crippen LogP contribution in [0.4, 0.5) is 10.1 Å². The van der Waals surface area contributed by atoms with Crippen LogP contribution in [0.15, 0.2) is 23.3 Å². The molecule has 1 N–H and O–H groups in total. The van der Waals surface area contributed by atoms with Crippen molar-refractivity contribution in [3.63, 3.8) is 0 Å². The standard InChI is InChI=1S/C12H10FN3O5/c13-8-5-7(1-3-10(8)16(20)21)6-15-11(17)4-2-9(14-15)12(18)19/h1,3,5H,2,4,6H2,(H,18,19). The predicted octanol–water partition coefficient (Wildman–Crippen LogP) is 1.30. The average molecular weight is 295 g/mol. The van der Waals surface area contributed by atoms with Gasteiger partial charge in [-0.2, -0.15) is 9.49 Å². The number of carboxylic acids is 1. The molecule has 2 rings (SSSR count). The number of carboxylic acid groups (broad SMARTS) is 1. The molecular weight excluding hydrogens is 285 g/mol. The van der Waals surface area contributed by atoms with Crippen molar-refractivity contribution in [3.05, 3.63) is 39.7 Å². The van der Waals surface area contributed by atoms with E-state index in [-0.39, 0.29) is 30.7 Å². The van der Waals surface area contributed by atoms with Crippen molar-refractivity contribution in [3.8, 4) is 0 Å². The van der Waals surface area contributed by atoms with Crippen molar-refractivity contribution in [2.75, 3.05) is 0 Å². The molecule has 0 saturated carbocycles. The highest BCUT2D eigenvalue weighted by Gasteiger charge is 2.24. The summed E-state index contributed by atoms with van der Waals surface area (Å²) in [5, 5.41) is 24.0. The second kappa shape index (κ2) is 5.65. The highest BCUT2D eigenvalue weighted by atomic mass is 19.1. The second-order valence-corrected chi connectivity index (χ2v) is 4.35. The Balaban J connectivity index is 2.22. The maximum absolute atomic E-state index is 13.5. The summed E-state index contributed by atoms with van der Waals surface area (Å²) in [6.07, 6.45) is 0.0416. The van der Waals surface area contributed by atoms with Gasteiger partial charge >= 0.3 is 11.7 Å². The minimum Gasteiger partial charge on any atom is -0.477 e. The first-order valence-corrected chi connectivity index (χ1v) is 5.92. The number of hydrogen-bond donors (Lipinski definition) is 1. The molecule has 0 spiro atoms. The number of nitro groups is 1. The van der Waals surface area contributed by atoms with Gasteiger partial charge in [-0.25, -0.2) is 9.80 Å². The molecule has 0 fully saturated rings. The lowest BCUT2D eigenvalue weighted by atomic mass is 10.1. The zero-order valence-corrected chi connectivity index (χ0v) is 10.7. The smallest absolute Gasteiger partial charge is 0.352 e. The van der Waals surface area contributed by atoms with Gasteiger partial charge < -0.3 is 5.11 Å². The van der Waals surface area contributed by atoms with Gasteiger partial charge in [-0.3, -0.25) is 14.9 Å². The van der Waals surface area contributed by atoms with Crippen molar-refractivity contribution in [1.82, 2.24) is 5.01 Å². The summed E-state index contributed by atoms with van der Waals surface area (Å²) < 4.78 is 13.5. The van der Waals surface area contributed by atoms with Crippen molar-refractivity contribution in [2.24, 2.45) is 5.10 Å². The number of halogens is 1. The van der Waals surface area contributed by atoms with E-state index >= 15 is 0 Å². The monoisotopic (exact) mass is 295 g/mol. The number of aliphatic carboxylic acids is 1. The molecule has 21 heavy (non-hydrogen) atoms. The van der Waals surface area contributed by atoms with E-state index < -0.39 is 28.3 Å². The third-order valence-corrected chi connectivity index (χ3v) is 2.89. The Hall–Kier alpha value is -2.84. The molecule has 0 saturated heterocycles. The van der Waals surface area contributed by atoms with E-state index in [2.05, 4.69) is 5.10 Å². The number of benzene rings is 1. The predicted molar refractivity (Wildman–Crippen MR) is 67.9 cm³/mol. The highest BCUT2D eigenvalue weighted by Crippen LogP contribution is 2.20. The molecule has 8 nitrogen and oxygen atoms in total. The topological polar surface area (TPSA) is 113 Å². The van der Waals surface area contributed by atoms with Crippen LogP contribution in [0.1, 0.15) is 18.4 Å². The average Bonchev–Trinajstić information content (AvgIpc) is 2.40. The molecule has 0 radical (unpaired) electrons. The van der Waals surface area contributed by atoms with Gasteiger partial charge in [-0.05, 0) is 11.6 Å². The van der Waals surface area contributed by atoms with E-state index in [9.17, 15) is 24.1 Å². The first-order chi connectivity index (χ1) is 9.88. The van der Waals surface area contributed by atoms with Crippen LogP contribution in [0.5, 0.6) is 0 Å². The molecule has 0 unspecified atom stereocenters. The molecule has 0 bridgehead atoms. The number of carbonyl (C=O) groups excluding carboxylic acids is 1. The fraction of sp³-hybridized carbons (Fsp3) is 0.250. The summed E-state index contributed by atoms with van der Waals surface area (Å²) in [4.78, 5) is 32.1. The lowest BCUT2D eigenvalue weighted by Crippen LogP contribution is -2.33. The van der Waals surface area contributed by atoms with Crippen molar-refractivity contribution in [2.45, 2.75) is 19.4 Å². The second-order valence-electron chi connectivity index (χ2n) is 4.35. The lowest BCUT2D eigenvalue weighted by Gasteiger charge is -2.22. The number of amides is 1. The molecule has 110 valence electrons. The summed E-state index contributed by atoms with van der Waals surface area (Å²) in [5.74, 6) is -2.63. The first-order valence-electron chi connectivity index (χ1n) is 5.92. The van der Waals surface area contributed by atoms with Crippen LogP contribution < -0.4 is 0 Å². The zero-order chi connectivity index (χ0) is 15.6. The van der Waals surface area contributed by atoms with Crippen molar-refractivity contribution < 1.29 is 24.0 Å². The summed E-state index contributed by atoms with van der Waals surface area (Å²) >= 11 is 0. The molecule has 1 aromatic rings. The Kier molecular flexibility index (Phi) is 3.92. The Labute approximate surface area is 117 Å². The van der Waals surface area contributed by atoms with E-state index in [0.29, 0.717) is 0 Å². The van der Waals surface area contributed by atoms with Gasteiger partial charge in [0.15, 0.2) is 0 Å². The van der Waals surface area contributed by atoms with Crippen LogP contribution in [-0.4, -0.2) is 32.6 Å². The minimum atomic E-state index is -1.22. The van der Waals surface area contributed by atoms with Crippen LogP contribution in [0.2, 0.25) is 0 Å². The first kappa shape index (κ1) is 14.6. The molecule has 1 aliphatic heterocycles. The highest BCUT2D eigenvalue weighted by molar-refractivity contribution is 6.36. The number of hydrazone groups is 1. The SMILES string of the molecule is O=C(O)C1=NN(Cc2ccc([N+](=O)[O-])c(F)c2)C(=O)CC1. The molecule has 1 aromatic carbocycles. The van der Waals surface area contributed by atoms with E-state index in [0.717, 1.165) is 17.1 Å². The van der Waals surface area contributed by atoms with Crippen molar-refractivity contribution in [1.29, 1.82) is 0 Å². The Morgan fingerprint density at radius 3 is 2.76 bits per heavy atom. The Morgan fingerprint density at radius 1 is 1.48 bits per heavy atom. The van der Waals surface area contributed by atoms with Crippen LogP contribution >= 0.6 is 0 Å². The van der Waals surface area contributed by atoms with Crippen LogP contribution in [0, 0.1) is 15.9 Å². The zero-order valence-electron chi connectivity index (χ0n) is 10.7. The van der Waals surface area contributed by atoms with Gasteiger partial charge in [0, 0.05) is 18.9 Å². The maximum Gasteiger partial charge on any atom is 0.352 e. The molecular formula is C12H10FN3O5. The molecule has 1 aliphatic rings. The molecule has 0 aliphatic carbocycles. The Morgan fingerprint density at radius 2 is 2.19 bits per heavy atom. The van der Waals surface area contributed by atoms with Gasteiger partial charge in [0.1, 0.15) is 5.71 Å². The normalized spacial score (nSPS) is 14.8. The molecule has 1 amide bonds. The van der Waals surface area contributed by atoms with Crippen LogP contribution in [-0.2, 0) is 16.1 Å². The molecule has 9 heteroatoms. The van der Waals surface area contributed by atoms with Crippen LogP contribution in [0.25, 0.3) is 0 Å². The summed E-state index contributed by atoms with van der Waals surface area (Å²) in [6, 6.07) is 3.20. The van der Waals surface area contributed by atoms with Gasteiger partial charge in [0.05, 0.1) is 11.5 Å². The minimum absolute atomic E-state index is 0.000592. The largest absolute Gasteiger partial charge is 0.477 e. The lowest BCUT2D eigenvalue weighted by molar-refractivity contribution is -0.387. The maximum atomic E-state index is 13.5. The summed E-state index contributed by atoms with van der Waals surface area (Å²) in [7, 11) is 0. The van der Waals surface area contributed by atoms with Gasteiger partial charge in [0.2, 0.25) is 11.7 Å². The van der Waals surface area contributed by atoms with E-state index in [4.69, 9.17) is 5.11 Å². The fourth-order valence-corrected chi connectivity index (χ4v) is 1.85. The number of nitrogens with zero attached hydrogens (tertiary/aromatic N) is 3. The van der Waals surface area contributed by atoms with Gasteiger partial charge in [0.25, 0.3) is 0 Å². The van der Waals surface area contributed by atoms with Gasteiger partial charge in [-0.15, -0.1) is 0 Å². The molecule has 0 atom stereocenters. The molecule has 1 heterocycles. The Bertz CT molecular complexity index is 658. The number of hydrogen-bond acceptors (Lipinski definition) is 5. The van der Waals surface area contributed by atoms with Gasteiger partial charge in [-0.1, -0.05) is 6.07 Å². The number of carbonyl (C=O) groups is 2. The quantitative estimate of drug-likeness (QED) is 0.664. The summed E-state index contributed by atoms with van der Waals surface area (Å²) in [6.45, 7) is -0.148. The third kappa shape index (κ3) is 3.19. The number of nitro benzene ring substituents is 1. The van der Waals surface area contributed by atoms with E-state index in [1.54, 1.807) is 0 Å². The van der Waals surface area contributed by atoms with E-state index in [1.165, 1.54) is 6.07 Å². The van der Waals surface area contributed by atoms with Crippen LogP contribution in [0.3, 0.4) is 0 Å². The van der Waals surface area contributed by atoms with E-state index in [1.807, 2.05) is 0 Å². The number of rotatable bonds is 4. The summed E-state index contributed by atoms with van der Waals surface area (Å²) in [5.41, 5.74) is -0.544. The fourth-order valence-electron chi connectivity index (χ4n) is 1.85. The van der Waals surface area contributed by atoms with Crippen molar-refractivity contribution >= 4 is 23.3 Å². The third-order valence-electron chi connectivity index (χ3n) is 2.89. The molecule has 0 aromatic heterocycles.